The maximum atomic E-state index is 12.6. The summed E-state index contributed by atoms with van der Waals surface area (Å²) >= 11 is 1.77. The van der Waals surface area contributed by atoms with Crippen LogP contribution >= 0.6 is 11.3 Å². The molecule has 1 atom stereocenters. The number of para-hydroxylation sites is 2. The van der Waals surface area contributed by atoms with Crippen molar-refractivity contribution in [2.24, 2.45) is 0 Å². The highest BCUT2D eigenvalue weighted by Gasteiger charge is 2.26. The molecule has 4 rings (SSSR count). The summed E-state index contributed by atoms with van der Waals surface area (Å²) in [5.74, 6) is 1.46. The molecule has 27 heavy (non-hydrogen) atoms. The fourth-order valence-corrected chi connectivity index (χ4v) is 4.65. The van der Waals surface area contributed by atoms with Crippen LogP contribution in [0.15, 0.2) is 54.6 Å². The molecule has 1 fully saturated rings. The van der Waals surface area contributed by atoms with Crippen LogP contribution in [-0.4, -0.2) is 35.5 Å². The number of benzene rings is 2. The van der Waals surface area contributed by atoms with E-state index in [0.717, 1.165) is 43.6 Å². The number of hydrogen-bond donors (Lipinski definition) is 0. The molecule has 140 valence electrons. The highest BCUT2D eigenvalue weighted by molar-refractivity contribution is 7.18. The molecule has 2 heterocycles. The largest absolute Gasteiger partial charge is 0.494 e. The number of thiazole rings is 1. The van der Waals surface area contributed by atoms with E-state index in [9.17, 15) is 4.79 Å². The van der Waals surface area contributed by atoms with Crippen LogP contribution in [0.1, 0.15) is 36.6 Å². The number of fused-ring (bicyclic) bond motifs is 1. The first-order valence-electron chi connectivity index (χ1n) is 9.61. The molecule has 1 amide bonds. The SMILES string of the molecule is O=C(CCCOc1ccccc1)N1CCC[C@H](c2nc3ccccc3s2)C1. The molecule has 2 aromatic carbocycles. The Morgan fingerprint density at radius 3 is 2.81 bits per heavy atom. The van der Waals surface area contributed by atoms with E-state index in [4.69, 9.17) is 9.72 Å². The average Bonchev–Trinajstić information content (AvgIpc) is 3.16. The zero-order chi connectivity index (χ0) is 18.5. The normalized spacial score (nSPS) is 17.2. The van der Waals surface area contributed by atoms with Gasteiger partial charge in [0.1, 0.15) is 5.75 Å². The number of piperidine rings is 1. The highest BCUT2D eigenvalue weighted by atomic mass is 32.1. The number of hydrogen-bond acceptors (Lipinski definition) is 4. The van der Waals surface area contributed by atoms with Crippen molar-refractivity contribution in [3.63, 3.8) is 0 Å². The fourth-order valence-electron chi connectivity index (χ4n) is 3.56. The second-order valence-corrected chi connectivity index (χ2v) is 8.03. The Balaban J connectivity index is 1.29. The molecule has 3 aromatic rings. The molecule has 5 heteroatoms. The lowest BCUT2D eigenvalue weighted by atomic mass is 9.98. The molecule has 0 radical (unpaired) electrons. The molecule has 1 aromatic heterocycles. The second kappa shape index (κ2) is 8.53. The van der Waals surface area contributed by atoms with E-state index in [2.05, 4.69) is 18.2 Å². The van der Waals surface area contributed by atoms with Crippen LogP contribution in [0.2, 0.25) is 0 Å². The van der Waals surface area contributed by atoms with Gasteiger partial charge >= 0.3 is 0 Å². The Hall–Kier alpha value is -2.40. The van der Waals surface area contributed by atoms with E-state index in [1.807, 2.05) is 41.3 Å². The zero-order valence-electron chi connectivity index (χ0n) is 15.3. The summed E-state index contributed by atoms with van der Waals surface area (Å²) in [5, 5.41) is 1.17. The van der Waals surface area contributed by atoms with E-state index in [-0.39, 0.29) is 5.91 Å². The standard InChI is InChI=1S/C22H24N2O2S/c25-21(13-7-15-26-18-9-2-1-3-10-18)24-14-6-8-17(16-24)22-23-19-11-4-5-12-20(19)27-22/h1-5,9-12,17H,6-8,13-16H2/t17-/m0/s1. The summed E-state index contributed by atoms with van der Waals surface area (Å²) in [5.41, 5.74) is 1.07. The van der Waals surface area contributed by atoms with Gasteiger partial charge in [0.15, 0.2) is 0 Å². The van der Waals surface area contributed by atoms with Crippen LogP contribution in [0.5, 0.6) is 5.75 Å². The summed E-state index contributed by atoms with van der Waals surface area (Å²) < 4.78 is 6.92. The van der Waals surface area contributed by atoms with E-state index in [1.165, 1.54) is 9.71 Å². The maximum Gasteiger partial charge on any atom is 0.222 e. The van der Waals surface area contributed by atoms with Gasteiger partial charge in [0.05, 0.1) is 21.8 Å². The van der Waals surface area contributed by atoms with E-state index in [1.54, 1.807) is 11.3 Å². The Labute approximate surface area is 163 Å². The molecule has 0 saturated carbocycles. The van der Waals surface area contributed by atoms with Crippen molar-refractivity contribution in [2.75, 3.05) is 19.7 Å². The van der Waals surface area contributed by atoms with Gasteiger partial charge in [-0.3, -0.25) is 4.79 Å². The van der Waals surface area contributed by atoms with Crippen molar-refractivity contribution in [2.45, 2.75) is 31.6 Å². The molecule has 4 nitrogen and oxygen atoms in total. The number of amides is 1. The number of nitrogens with zero attached hydrogens (tertiary/aromatic N) is 2. The molecule has 0 aliphatic carbocycles. The quantitative estimate of drug-likeness (QED) is 0.574. The molecule has 0 spiro atoms. The number of aromatic nitrogens is 1. The number of rotatable bonds is 6. The van der Waals surface area contributed by atoms with Gasteiger partial charge in [-0.25, -0.2) is 4.98 Å². The Morgan fingerprint density at radius 2 is 1.96 bits per heavy atom. The minimum Gasteiger partial charge on any atom is -0.494 e. The monoisotopic (exact) mass is 380 g/mol. The summed E-state index contributed by atoms with van der Waals surface area (Å²) in [4.78, 5) is 19.4. The molecule has 0 N–H and O–H groups in total. The predicted molar refractivity (Wildman–Crippen MR) is 109 cm³/mol. The number of carbonyl (C=O) groups is 1. The summed E-state index contributed by atoms with van der Waals surface area (Å²) in [6, 6.07) is 18.0. The molecular formula is C22H24N2O2S. The molecule has 0 unspecified atom stereocenters. The van der Waals surface area contributed by atoms with Crippen LogP contribution in [0.4, 0.5) is 0 Å². The lowest BCUT2D eigenvalue weighted by Crippen LogP contribution is -2.39. The number of likely N-dealkylation sites (tertiary alicyclic amines) is 1. The molecular weight excluding hydrogens is 356 g/mol. The van der Waals surface area contributed by atoms with Gasteiger partial charge in [-0.15, -0.1) is 11.3 Å². The Kier molecular flexibility index (Phi) is 5.68. The lowest BCUT2D eigenvalue weighted by molar-refractivity contribution is -0.132. The summed E-state index contributed by atoms with van der Waals surface area (Å²) in [7, 11) is 0. The Morgan fingerprint density at radius 1 is 1.15 bits per heavy atom. The zero-order valence-corrected chi connectivity index (χ0v) is 16.2. The van der Waals surface area contributed by atoms with Crippen LogP contribution in [0.25, 0.3) is 10.2 Å². The van der Waals surface area contributed by atoms with Crippen molar-refractivity contribution >= 4 is 27.5 Å². The molecule has 1 aliphatic rings. The van der Waals surface area contributed by atoms with Crippen LogP contribution in [0.3, 0.4) is 0 Å². The first-order chi connectivity index (χ1) is 13.3. The Bertz CT molecular complexity index is 860. The molecule has 0 bridgehead atoms. The van der Waals surface area contributed by atoms with Gasteiger partial charge in [-0.2, -0.15) is 0 Å². The smallest absolute Gasteiger partial charge is 0.222 e. The van der Waals surface area contributed by atoms with Gasteiger partial charge in [0.2, 0.25) is 5.91 Å². The van der Waals surface area contributed by atoms with Crippen LogP contribution < -0.4 is 4.74 Å². The van der Waals surface area contributed by atoms with Crippen molar-refractivity contribution < 1.29 is 9.53 Å². The third kappa shape index (κ3) is 4.48. The van der Waals surface area contributed by atoms with Crippen LogP contribution in [0, 0.1) is 0 Å². The minimum absolute atomic E-state index is 0.234. The van der Waals surface area contributed by atoms with E-state index >= 15 is 0 Å². The van der Waals surface area contributed by atoms with Crippen LogP contribution in [-0.2, 0) is 4.79 Å². The van der Waals surface area contributed by atoms with Crippen molar-refractivity contribution in [1.82, 2.24) is 9.88 Å². The minimum atomic E-state index is 0.234. The van der Waals surface area contributed by atoms with Gasteiger partial charge in [0, 0.05) is 25.4 Å². The van der Waals surface area contributed by atoms with Crippen molar-refractivity contribution in [3.8, 4) is 5.75 Å². The van der Waals surface area contributed by atoms with Gasteiger partial charge in [-0.05, 0) is 43.5 Å². The third-order valence-corrected chi connectivity index (χ3v) is 6.18. The second-order valence-electron chi connectivity index (χ2n) is 6.96. The van der Waals surface area contributed by atoms with Gasteiger partial charge < -0.3 is 9.64 Å². The molecule has 1 saturated heterocycles. The lowest BCUT2D eigenvalue weighted by Gasteiger charge is -2.32. The summed E-state index contributed by atoms with van der Waals surface area (Å²) in [6.07, 6.45) is 3.45. The van der Waals surface area contributed by atoms with E-state index in [0.29, 0.717) is 18.9 Å². The first kappa shape index (κ1) is 18.0. The van der Waals surface area contributed by atoms with E-state index < -0.39 is 0 Å². The summed E-state index contributed by atoms with van der Waals surface area (Å²) in [6.45, 7) is 2.23. The van der Waals surface area contributed by atoms with Gasteiger partial charge in [0.25, 0.3) is 0 Å². The highest BCUT2D eigenvalue weighted by Crippen LogP contribution is 2.33. The number of carbonyl (C=O) groups excluding carboxylic acids is 1. The number of ether oxygens (including phenoxy) is 1. The predicted octanol–water partition coefficient (Wildman–Crippen LogP) is 4.86. The fraction of sp³-hybridized carbons (Fsp3) is 0.364. The van der Waals surface area contributed by atoms with Gasteiger partial charge in [-0.1, -0.05) is 30.3 Å². The van der Waals surface area contributed by atoms with Crippen molar-refractivity contribution in [3.05, 3.63) is 59.6 Å². The first-order valence-corrected chi connectivity index (χ1v) is 10.4. The molecule has 1 aliphatic heterocycles. The third-order valence-electron chi connectivity index (χ3n) is 4.98. The topological polar surface area (TPSA) is 42.4 Å². The average molecular weight is 381 g/mol. The van der Waals surface area contributed by atoms with Crippen molar-refractivity contribution in [1.29, 1.82) is 0 Å². The maximum absolute atomic E-state index is 12.6.